The molecule has 32 heavy (non-hydrogen) atoms. The first kappa shape index (κ1) is 24.7. The van der Waals surface area contributed by atoms with Crippen molar-refractivity contribution in [1.29, 1.82) is 0 Å². The van der Waals surface area contributed by atoms with E-state index in [0.717, 1.165) is 29.7 Å². The van der Waals surface area contributed by atoms with E-state index in [0.29, 0.717) is 32.0 Å². The van der Waals surface area contributed by atoms with Crippen molar-refractivity contribution in [2.24, 2.45) is 11.8 Å². The van der Waals surface area contributed by atoms with Crippen LogP contribution in [0.5, 0.6) is 0 Å². The Morgan fingerprint density at radius 2 is 1.88 bits per heavy atom. The summed E-state index contributed by atoms with van der Waals surface area (Å²) in [5.41, 5.74) is 3.61. The molecular weight excluding hydrogens is 427 g/mol. The molecule has 3 rings (SSSR count). The van der Waals surface area contributed by atoms with Crippen LogP contribution in [-0.4, -0.2) is 40.8 Å². The number of hydrogen-bond donors (Lipinski definition) is 1. The molecule has 2 aromatic rings. The van der Waals surface area contributed by atoms with Gasteiger partial charge in [-0.1, -0.05) is 43.7 Å². The van der Waals surface area contributed by atoms with E-state index in [1.807, 2.05) is 45.9 Å². The zero-order valence-corrected chi connectivity index (χ0v) is 20.3. The summed E-state index contributed by atoms with van der Waals surface area (Å²) in [6, 6.07) is 12.6. The van der Waals surface area contributed by atoms with Crippen molar-refractivity contribution in [3.63, 3.8) is 0 Å². The largest absolute Gasteiger partial charge is 0.376 e. The molecule has 2 atom stereocenters. The zero-order chi connectivity index (χ0) is 23.3. The van der Waals surface area contributed by atoms with Gasteiger partial charge in [0.15, 0.2) is 0 Å². The summed E-state index contributed by atoms with van der Waals surface area (Å²) in [6.07, 6.45) is -0.115. The Balaban J connectivity index is 1.73. The normalized spacial score (nSPS) is 19.3. The molecule has 1 aliphatic heterocycles. The number of benzene rings is 2. The topological polar surface area (TPSA) is 58.6 Å². The van der Waals surface area contributed by atoms with Gasteiger partial charge in [-0.15, -0.1) is 0 Å². The van der Waals surface area contributed by atoms with E-state index in [1.54, 1.807) is 24.3 Å². The minimum absolute atomic E-state index is 0.0850. The van der Waals surface area contributed by atoms with Crippen molar-refractivity contribution >= 4 is 15.7 Å². The number of hydrogen-bond acceptors (Lipinski definition) is 4. The third-order valence-corrected chi connectivity index (χ3v) is 7.60. The summed E-state index contributed by atoms with van der Waals surface area (Å²) in [5.74, 6) is 0.0886. The van der Waals surface area contributed by atoms with E-state index in [9.17, 15) is 12.8 Å². The molecule has 1 N–H and O–H groups in total. The van der Waals surface area contributed by atoms with Crippen LogP contribution >= 0.6 is 0 Å². The number of nitrogens with zero attached hydrogens (tertiary/aromatic N) is 1. The summed E-state index contributed by atoms with van der Waals surface area (Å²) in [4.78, 5) is 0.254. The molecule has 1 heterocycles. The van der Waals surface area contributed by atoms with Crippen LogP contribution in [-0.2, 0) is 21.4 Å². The highest BCUT2D eigenvalue weighted by atomic mass is 32.2. The third-order valence-electron chi connectivity index (χ3n) is 5.81. The highest BCUT2D eigenvalue weighted by Gasteiger charge is 2.27. The summed E-state index contributed by atoms with van der Waals surface area (Å²) < 4.78 is 48.2. The Bertz CT molecular complexity index is 993. The van der Waals surface area contributed by atoms with Crippen molar-refractivity contribution in [2.75, 3.05) is 30.5 Å². The third kappa shape index (κ3) is 6.09. The Labute approximate surface area is 192 Å². The van der Waals surface area contributed by atoms with E-state index in [-0.39, 0.29) is 16.7 Å². The molecule has 5 nitrogen and oxygen atoms in total. The lowest BCUT2D eigenvalue weighted by molar-refractivity contribution is 0.0412. The zero-order valence-electron chi connectivity index (χ0n) is 19.5. The van der Waals surface area contributed by atoms with Gasteiger partial charge in [0.25, 0.3) is 10.0 Å². The molecule has 0 unspecified atom stereocenters. The number of aryl methyl sites for hydroxylation is 2. The van der Waals surface area contributed by atoms with Crippen LogP contribution < -0.4 is 9.62 Å². The molecule has 0 spiro atoms. The van der Waals surface area contributed by atoms with Gasteiger partial charge in [-0.05, 0) is 62.1 Å². The maximum absolute atomic E-state index is 13.9. The Morgan fingerprint density at radius 3 is 2.50 bits per heavy atom. The fraction of sp³-hybridized carbons (Fsp3) is 0.520. The number of alkyl halides is 1. The molecule has 0 bridgehead atoms. The lowest BCUT2D eigenvalue weighted by atomic mass is 9.97. The van der Waals surface area contributed by atoms with E-state index >= 15 is 0 Å². The molecule has 0 radical (unpaired) electrons. The van der Waals surface area contributed by atoms with Gasteiger partial charge < -0.3 is 10.1 Å². The number of anilines is 1. The molecule has 1 aliphatic rings. The molecule has 0 saturated carbocycles. The smallest absolute Gasteiger partial charge is 0.264 e. The van der Waals surface area contributed by atoms with E-state index in [2.05, 4.69) is 5.32 Å². The Hall–Kier alpha value is -1.96. The quantitative estimate of drug-likeness (QED) is 0.591. The second-order valence-corrected chi connectivity index (χ2v) is 11.0. The van der Waals surface area contributed by atoms with Crippen LogP contribution in [0.15, 0.2) is 47.4 Å². The summed E-state index contributed by atoms with van der Waals surface area (Å²) >= 11 is 0. The van der Waals surface area contributed by atoms with Gasteiger partial charge in [-0.25, -0.2) is 12.8 Å². The average molecular weight is 463 g/mol. The SMILES string of the molecule is Cc1ccc(N(CC(C)C)S(=O)(=O)c2ccc(COC[C@@H]3CCNC[C@@H]3F)cc2)c(C)c1. The first-order valence-corrected chi connectivity index (χ1v) is 12.7. The van der Waals surface area contributed by atoms with Gasteiger partial charge >= 0.3 is 0 Å². The lowest BCUT2D eigenvalue weighted by Gasteiger charge is -2.28. The lowest BCUT2D eigenvalue weighted by Crippen LogP contribution is -2.39. The van der Waals surface area contributed by atoms with Gasteiger partial charge in [0.05, 0.1) is 23.8 Å². The predicted molar refractivity (Wildman–Crippen MR) is 127 cm³/mol. The number of ether oxygens (including phenoxy) is 1. The maximum Gasteiger partial charge on any atom is 0.264 e. The molecular formula is C25H35FN2O3S. The van der Waals surface area contributed by atoms with Crippen LogP contribution in [0.3, 0.4) is 0 Å². The summed E-state index contributed by atoms with van der Waals surface area (Å²) in [5, 5.41) is 3.04. The van der Waals surface area contributed by atoms with Gasteiger partial charge in [-0.2, -0.15) is 0 Å². The van der Waals surface area contributed by atoms with E-state index < -0.39 is 16.2 Å². The van der Waals surface area contributed by atoms with Crippen LogP contribution in [0.25, 0.3) is 0 Å². The van der Waals surface area contributed by atoms with Crippen molar-refractivity contribution in [3.05, 3.63) is 59.2 Å². The highest BCUT2D eigenvalue weighted by Crippen LogP contribution is 2.29. The van der Waals surface area contributed by atoms with Crippen LogP contribution in [0.4, 0.5) is 10.1 Å². The fourth-order valence-electron chi connectivity index (χ4n) is 4.02. The Kier molecular flexibility index (Phi) is 8.31. The molecule has 2 aromatic carbocycles. The minimum Gasteiger partial charge on any atom is -0.376 e. The fourth-order valence-corrected chi connectivity index (χ4v) is 5.71. The van der Waals surface area contributed by atoms with Crippen molar-refractivity contribution in [1.82, 2.24) is 5.32 Å². The van der Waals surface area contributed by atoms with E-state index in [4.69, 9.17) is 4.74 Å². The van der Waals surface area contributed by atoms with Crippen LogP contribution in [0.2, 0.25) is 0 Å². The number of sulfonamides is 1. The second-order valence-electron chi connectivity index (χ2n) is 9.15. The number of halogens is 1. The number of nitrogens with one attached hydrogen (secondary N) is 1. The minimum atomic E-state index is -3.71. The average Bonchev–Trinajstić information content (AvgIpc) is 2.74. The van der Waals surface area contributed by atoms with Crippen molar-refractivity contribution in [3.8, 4) is 0 Å². The van der Waals surface area contributed by atoms with Crippen LogP contribution in [0, 0.1) is 25.7 Å². The summed E-state index contributed by atoms with van der Waals surface area (Å²) in [6.45, 7) is 10.3. The van der Waals surface area contributed by atoms with Gasteiger partial charge in [0, 0.05) is 19.0 Å². The first-order chi connectivity index (χ1) is 15.2. The monoisotopic (exact) mass is 462 g/mol. The number of piperidine rings is 1. The second kappa shape index (κ2) is 10.8. The molecule has 0 amide bonds. The van der Waals surface area contributed by atoms with Gasteiger partial charge in [-0.3, -0.25) is 4.31 Å². The predicted octanol–water partition coefficient (Wildman–Crippen LogP) is 4.62. The molecule has 0 aliphatic carbocycles. The van der Waals surface area contributed by atoms with Crippen molar-refractivity contribution < 1.29 is 17.5 Å². The first-order valence-electron chi connectivity index (χ1n) is 11.3. The molecule has 0 aromatic heterocycles. The molecule has 1 fully saturated rings. The number of rotatable bonds is 9. The van der Waals surface area contributed by atoms with Crippen LogP contribution in [0.1, 0.15) is 37.0 Å². The highest BCUT2D eigenvalue weighted by molar-refractivity contribution is 7.92. The molecule has 1 saturated heterocycles. The van der Waals surface area contributed by atoms with Gasteiger partial charge in [0.2, 0.25) is 0 Å². The molecule has 7 heteroatoms. The molecule has 176 valence electrons. The maximum atomic E-state index is 13.9. The van der Waals surface area contributed by atoms with Crippen molar-refractivity contribution in [2.45, 2.75) is 51.8 Å². The Morgan fingerprint density at radius 1 is 1.16 bits per heavy atom. The van der Waals surface area contributed by atoms with E-state index in [1.165, 1.54) is 4.31 Å². The standard InChI is InChI=1S/C25H35FN2O3S/c1-18(2)15-28(25-10-5-19(3)13-20(25)4)32(29,30)23-8-6-21(7-9-23)16-31-17-22-11-12-27-14-24(22)26/h5-10,13,18,22,24,27H,11-12,14-17H2,1-4H3/t22-,24-/m0/s1. The van der Waals surface area contributed by atoms with Gasteiger partial charge in [0.1, 0.15) is 6.17 Å². The summed E-state index contributed by atoms with van der Waals surface area (Å²) in [7, 11) is -3.71.